The number of urea groups is 1. The maximum absolute atomic E-state index is 11.8. The molecule has 0 radical (unpaired) electrons. The third-order valence-corrected chi connectivity index (χ3v) is 3.16. The van der Waals surface area contributed by atoms with Gasteiger partial charge in [-0.1, -0.05) is 6.92 Å². The Morgan fingerprint density at radius 2 is 2.00 bits per heavy atom. The Bertz CT molecular complexity index is 275. The van der Waals surface area contributed by atoms with Crippen molar-refractivity contribution < 1.29 is 19.8 Å². The molecule has 1 aliphatic heterocycles. The number of aliphatic carboxylic acids is 1. The Hall–Kier alpha value is -1.30. The molecule has 0 aromatic rings. The van der Waals surface area contributed by atoms with Gasteiger partial charge in [-0.3, -0.25) is 0 Å². The summed E-state index contributed by atoms with van der Waals surface area (Å²) in [6.07, 6.45) is 1.91. The maximum Gasteiger partial charge on any atom is 0.326 e. The Morgan fingerprint density at radius 3 is 2.41 bits per heavy atom. The number of nitrogens with one attached hydrogen (secondary N) is 1. The number of amides is 2. The number of carboxylic acid groups (broad SMARTS) is 1. The van der Waals surface area contributed by atoms with Gasteiger partial charge in [-0.25, -0.2) is 9.59 Å². The zero-order chi connectivity index (χ0) is 12.8. The molecule has 2 amide bonds. The van der Waals surface area contributed by atoms with E-state index in [-0.39, 0.29) is 18.6 Å². The lowest BCUT2D eigenvalue weighted by Gasteiger charge is -2.31. The van der Waals surface area contributed by atoms with Gasteiger partial charge in [0.25, 0.3) is 0 Å². The van der Waals surface area contributed by atoms with Crippen LogP contribution in [-0.4, -0.2) is 52.9 Å². The van der Waals surface area contributed by atoms with E-state index in [2.05, 4.69) is 5.32 Å². The van der Waals surface area contributed by atoms with Crippen LogP contribution in [0.5, 0.6) is 0 Å². The summed E-state index contributed by atoms with van der Waals surface area (Å²) in [6, 6.07) is -1.14. The standard InChI is InChI=1S/C11H20N2O4/c1-2-9(10(15)16)12-11(17)13-5-3-8(7-14)4-6-13/h8-9,14H,2-7H2,1H3,(H,12,17)(H,15,16). The topological polar surface area (TPSA) is 89.9 Å². The van der Waals surface area contributed by atoms with Crippen molar-refractivity contribution in [3.05, 3.63) is 0 Å². The molecule has 0 bridgehead atoms. The average molecular weight is 244 g/mol. The molecule has 1 fully saturated rings. The SMILES string of the molecule is CCC(NC(=O)N1CCC(CO)CC1)C(=O)O. The summed E-state index contributed by atoms with van der Waals surface area (Å²) < 4.78 is 0. The van der Waals surface area contributed by atoms with Crippen molar-refractivity contribution in [3.63, 3.8) is 0 Å². The molecule has 1 unspecified atom stereocenters. The van der Waals surface area contributed by atoms with Gasteiger partial charge < -0.3 is 20.4 Å². The van der Waals surface area contributed by atoms with Gasteiger partial charge in [0.05, 0.1) is 0 Å². The van der Waals surface area contributed by atoms with E-state index in [0.717, 1.165) is 12.8 Å². The van der Waals surface area contributed by atoms with Crippen LogP contribution < -0.4 is 5.32 Å². The van der Waals surface area contributed by atoms with Crippen molar-refractivity contribution in [1.29, 1.82) is 0 Å². The largest absolute Gasteiger partial charge is 0.480 e. The Labute approximate surface area is 101 Å². The fraction of sp³-hybridized carbons (Fsp3) is 0.818. The highest BCUT2D eigenvalue weighted by molar-refractivity contribution is 5.82. The van der Waals surface area contributed by atoms with Crippen LogP contribution in [0, 0.1) is 5.92 Å². The van der Waals surface area contributed by atoms with E-state index in [0.29, 0.717) is 19.5 Å². The van der Waals surface area contributed by atoms with Gasteiger partial charge in [-0.15, -0.1) is 0 Å². The summed E-state index contributed by atoms with van der Waals surface area (Å²) in [6.45, 7) is 3.03. The van der Waals surface area contributed by atoms with Gasteiger partial charge >= 0.3 is 12.0 Å². The van der Waals surface area contributed by atoms with Crippen LogP contribution in [0.25, 0.3) is 0 Å². The van der Waals surface area contributed by atoms with E-state index in [1.165, 1.54) is 0 Å². The summed E-state index contributed by atoms with van der Waals surface area (Å²) >= 11 is 0. The predicted molar refractivity (Wildman–Crippen MR) is 61.6 cm³/mol. The number of carbonyl (C=O) groups excluding carboxylic acids is 1. The molecule has 0 saturated carbocycles. The molecule has 3 N–H and O–H groups in total. The van der Waals surface area contributed by atoms with Crippen LogP contribution in [0.1, 0.15) is 26.2 Å². The van der Waals surface area contributed by atoms with E-state index in [4.69, 9.17) is 10.2 Å². The minimum atomic E-state index is -1.01. The lowest BCUT2D eigenvalue weighted by Crippen LogP contribution is -2.50. The van der Waals surface area contributed by atoms with E-state index >= 15 is 0 Å². The monoisotopic (exact) mass is 244 g/mol. The molecule has 1 heterocycles. The van der Waals surface area contributed by atoms with Gasteiger partial charge in [0, 0.05) is 19.7 Å². The number of piperidine rings is 1. The molecule has 1 atom stereocenters. The van der Waals surface area contributed by atoms with Crippen molar-refractivity contribution in [2.24, 2.45) is 5.92 Å². The Kier molecular flexibility index (Phi) is 5.21. The van der Waals surface area contributed by atoms with Crippen LogP contribution in [0.3, 0.4) is 0 Å². The Morgan fingerprint density at radius 1 is 1.41 bits per heavy atom. The smallest absolute Gasteiger partial charge is 0.326 e. The quantitative estimate of drug-likeness (QED) is 0.662. The van der Waals surface area contributed by atoms with Gasteiger partial charge in [-0.2, -0.15) is 0 Å². The normalized spacial score (nSPS) is 18.8. The van der Waals surface area contributed by atoms with Crippen LogP contribution in [0.15, 0.2) is 0 Å². The highest BCUT2D eigenvalue weighted by atomic mass is 16.4. The fourth-order valence-corrected chi connectivity index (χ4v) is 1.90. The van der Waals surface area contributed by atoms with Gasteiger partial charge in [0.2, 0.25) is 0 Å². The first kappa shape index (κ1) is 13.8. The van der Waals surface area contributed by atoms with E-state index in [9.17, 15) is 9.59 Å². The van der Waals surface area contributed by atoms with Crippen LogP contribution in [-0.2, 0) is 4.79 Å². The summed E-state index contributed by atoms with van der Waals surface area (Å²) in [4.78, 5) is 24.1. The van der Waals surface area contributed by atoms with Crippen molar-refractivity contribution >= 4 is 12.0 Å². The summed E-state index contributed by atoms with van der Waals surface area (Å²) in [5, 5.41) is 20.3. The molecule has 0 aromatic heterocycles. The second kappa shape index (κ2) is 6.44. The number of rotatable bonds is 4. The molecule has 0 spiro atoms. The van der Waals surface area contributed by atoms with Crippen LogP contribution >= 0.6 is 0 Å². The molecule has 0 aromatic carbocycles. The van der Waals surface area contributed by atoms with Crippen molar-refractivity contribution in [1.82, 2.24) is 10.2 Å². The van der Waals surface area contributed by atoms with Crippen LogP contribution in [0.4, 0.5) is 4.79 Å². The fourth-order valence-electron chi connectivity index (χ4n) is 1.90. The zero-order valence-electron chi connectivity index (χ0n) is 10.1. The van der Waals surface area contributed by atoms with Crippen LogP contribution in [0.2, 0.25) is 0 Å². The van der Waals surface area contributed by atoms with E-state index in [1.54, 1.807) is 11.8 Å². The molecule has 6 heteroatoms. The molecular weight excluding hydrogens is 224 g/mol. The summed E-state index contributed by atoms with van der Waals surface area (Å²) in [5.41, 5.74) is 0. The highest BCUT2D eigenvalue weighted by Crippen LogP contribution is 2.16. The maximum atomic E-state index is 11.8. The molecule has 17 heavy (non-hydrogen) atoms. The number of hydrogen-bond acceptors (Lipinski definition) is 3. The molecule has 1 aliphatic rings. The van der Waals surface area contributed by atoms with Crippen molar-refractivity contribution in [3.8, 4) is 0 Å². The minimum Gasteiger partial charge on any atom is -0.480 e. The van der Waals surface area contributed by atoms with Gasteiger partial charge in [-0.05, 0) is 25.2 Å². The Balaban J connectivity index is 2.41. The summed E-state index contributed by atoms with van der Waals surface area (Å²) in [5.74, 6) is -0.744. The number of aliphatic hydroxyl groups is 1. The summed E-state index contributed by atoms with van der Waals surface area (Å²) in [7, 11) is 0. The first-order valence-corrected chi connectivity index (χ1v) is 5.97. The second-order valence-corrected chi connectivity index (χ2v) is 4.36. The first-order valence-electron chi connectivity index (χ1n) is 5.97. The van der Waals surface area contributed by atoms with E-state index in [1.807, 2.05) is 0 Å². The second-order valence-electron chi connectivity index (χ2n) is 4.36. The first-order chi connectivity index (χ1) is 8.08. The third-order valence-electron chi connectivity index (χ3n) is 3.16. The number of carboxylic acids is 1. The molecular formula is C11H20N2O4. The van der Waals surface area contributed by atoms with Gasteiger partial charge in [0.1, 0.15) is 6.04 Å². The molecule has 1 rings (SSSR count). The number of aliphatic hydroxyl groups excluding tert-OH is 1. The lowest BCUT2D eigenvalue weighted by atomic mass is 9.98. The lowest BCUT2D eigenvalue weighted by molar-refractivity contribution is -0.139. The molecule has 0 aliphatic carbocycles. The average Bonchev–Trinajstić information content (AvgIpc) is 2.35. The molecule has 6 nitrogen and oxygen atoms in total. The van der Waals surface area contributed by atoms with Crippen molar-refractivity contribution in [2.45, 2.75) is 32.2 Å². The minimum absolute atomic E-state index is 0.155. The predicted octanol–water partition coefficient (Wildman–Crippen LogP) is 0.263. The van der Waals surface area contributed by atoms with E-state index < -0.39 is 12.0 Å². The zero-order valence-corrected chi connectivity index (χ0v) is 10.1. The number of nitrogens with zero attached hydrogens (tertiary/aromatic N) is 1. The van der Waals surface area contributed by atoms with Gasteiger partial charge in [0.15, 0.2) is 0 Å². The number of carbonyl (C=O) groups is 2. The highest BCUT2D eigenvalue weighted by Gasteiger charge is 2.25. The molecule has 1 saturated heterocycles. The number of hydrogen-bond donors (Lipinski definition) is 3. The van der Waals surface area contributed by atoms with Crippen molar-refractivity contribution in [2.75, 3.05) is 19.7 Å². The third kappa shape index (κ3) is 3.89. The molecule has 98 valence electrons. The number of likely N-dealkylation sites (tertiary alicyclic amines) is 1.